The first-order valence-electron chi connectivity index (χ1n) is 5.64. The maximum atomic E-state index is 10.3. The lowest BCUT2D eigenvalue weighted by atomic mass is 9.92. The van der Waals surface area contributed by atoms with Gasteiger partial charge in [0.15, 0.2) is 0 Å². The monoisotopic (exact) mass is 243 g/mol. The summed E-state index contributed by atoms with van der Waals surface area (Å²) in [5.41, 5.74) is 2.01. The molecule has 0 aromatic heterocycles. The minimum atomic E-state index is -0.751. The first kappa shape index (κ1) is 12.1. The summed E-state index contributed by atoms with van der Waals surface area (Å²) in [6, 6.07) is 19.3. The molecule has 18 heavy (non-hydrogen) atoms. The SMILES string of the molecule is O=[N+]([O-])OCC(c1ccccc1)c1ccccc1. The van der Waals surface area contributed by atoms with Crippen LogP contribution in [0.2, 0.25) is 0 Å². The number of hydrogen-bond donors (Lipinski definition) is 0. The van der Waals surface area contributed by atoms with E-state index in [1.54, 1.807) is 0 Å². The number of nitrogens with zero attached hydrogens (tertiary/aromatic N) is 1. The summed E-state index contributed by atoms with van der Waals surface area (Å²) in [6.45, 7) is 0.0288. The lowest BCUT2D eigenvalue weighted by molar-refractivity contribution is -0.758. The predicted octanol–water partition coefficient (Wildman–Crippen LogP) is 3.03. The molecule has 0 aliphatic rings. The molecule has 2 rings (SSSR count). The van der Waals surface area contributed by atoms with E-state index in [0.29, 0.717) is 0 Å². The molecule has 0 radical (unpaired) electrons. The summed E-state index contributed by atoms with van der Waals surface area (Å²) in [5, 5.41) is 9.60. The van der Waals surface area contributed by atoms with Crippen LogP contribution >= 0.6 is 0 Å². The molecule has 0 aliphatic heterocycles. The van der Waals surface area contributed by atoms with Gasteiger partial charge >= 0.3 is 0 Å². The second kappa shape index (κ2) is 5.82. The van der Waals surface area contributed by atoms with E-state index < -0.39 is 5.09 Å². The van der Waals surface area contributed by atoms with E-state index in [9.17, 15) is 10.1 Å². The van der Waals surface area contributed by atoms with Gasteiger partial charge in [-0.05, 0) is 11.1 Å². The fourth-order valence-corrected chi connectivity index (χ4v) is 1.89. The van der Waals surface area contributed by atoms with Crippen LogP contribution in [-0.4, -0.2) is 11.7 Å². The van der Waals surface area contributed by atoms with Crippen molar-refractivity contribution in [1.82, 2.24) is 0 Å². The second-order valence-corrected chi connectivity index (χ2v) is 3.89. The smallest absolute Gasteiger partial charge is 0.294 e. The van der Waals surface area contributed by atoms with Gasteiger partial charge in [-0.3, -0.25) is 0 Å². The molecule has 0 bridgehead atoms. The molecule has 0 amide bonds. The van der Waals surface area contributed by atoms with Crippen LogP contribution < -0.4 is 0 Å². The molecule has 4 heteroatoms. The van der Waals surface area contributed by atoms with E-state index in [1.165, 1.54) is 0 Å². The Bertz CT molecular complexity index is 459. The maximum absolute atomic E-state index is 10.3. The number of hydrogen-bond acceptors (Lipinski definition) is 3. The predicted molar refractivity (Wildman–Crippen MR) is 67.7 cm³/mol. The summed E-state index contributed by atoms with van der Waals surface area (Å²) in [7, 11) is 0. The Morgan fingerprint density at radius 2 is 1.39 bits per heavy atom. The van der Waals surface area contributed by atoms with Crippen LogP contribution in [0.3, 0.4) is 0 Å². The molecule has 0 saturated heterocycles. The van der Waals surface area contributed by atoms with E-state index in [4.69, 9.17) is 0 Å². The Morgan fingerprint density at radius 1 is 0.944 bits per heavy atom. The van der Waals surface area contributed by atoms with Gasteiger partial charge in [0.25, 0.3) is 5.09 Å². The van der Waals surface area contributed by atoms with Crippen LogP contribution in [0.4, 0.5) is 0 Å². The minimum absolute atomic E-state index is 0.0288. The Balaban J connectivity index is 2.26. The topological polar surface area (TPSA) is 52.4 Å². The quantitative estimate of drug-likeness (QED) is 0.599. The molecular weight excluding hydrogens is 230 g/mol. The lowest BCUT2D eigenvalue weighted by Crippen LogP contribution is -2.12. The van der Waals surface area contributed by atoms with Crippen LogP contribution in [0.25, 0.3) is 0 Å². The zero-order valence-electron chi connectivity index (χ0n) is 9.73. The van der Waals surface area contributed by atoms with Crippen molar-refractivity contribution in [1.29, 1.82) is 0 Å². The molecule has 0 aliphatic carbocycles. The molecule has 0 heterocycles. The van der Waals surface area contributed by atoms with Crippen molar-refractivity contribution in [2.75, 3.05) is 6.61 Å². The normalized spacial score (nSPS) is 10.3. The maximum Gasteiger partial charge on any atom is 0.294 e. The summed E-state index contributed by atoms with van der Waals surface area (Å²) >= 11 is 0. The Kier molecular flexibility index (Phi) is 3.91. The van der Waals surface area contributed by atoms with Gasteiger partial charge in [-0.25, -0.2) is 0 Å². The third-order valence-corrected chi connectivity index (χ3v) is 2.75. The molecule has 2 aromatic rings. The van der Waals surface area contributed by atoms with Crippen molar-refractivity contribution in [2.45, 2.75) is 5.92 Å². The molecule has 0 atom stereocenters. The highest BCUT2D eigenvalue weighted by Crippen LogP contribution is 2.24. The van der Waals surface area contributed by atoms with Gasteiger partial charge in [-0.1, -0.05) is 60.7 Å². The van der Waals surface area contributed by atoms with Crippen molar-refractivity contribution in [2.24, 2.45) is 0 Å². The highest BCUT2D eigenvalue weighted by Gasteiger charge is 2.15. The van der Waals surface area contributed by atoms with Crippen molar-refractivity contribution in [3.8, 4) is 0 Å². The van der Waals surface area contributed by atoms with Crippen molar-refractivity contribution in [3.05, 3.63) is 81.9 Å². The van der Waals surface area contributed by atoms with Gasteiger partial charge in [-0.2, -0.15) is 0 Å². The minimum Gasteiger partial charge on any atom is -0.313 e. The van der Waals surface area contributed by atoms with E-state index >= 15 is 0 Å². The van der Waals surface area contributed by atoms with E-state index in [1.807, 2.05) is 60.7 Å². The fourth-order valence-electron chi connectivity index (χ4n) is 1.89. The van der Waals surface area contributed by atoms with E-state index in [-0.39, 0.29) is 12.5 Å². The van der Waals surface area contributed by atoms with Crippen molar-refractivity contribution in [3.63, 3.8) is 0 Å². The first-order valence-corrected chi connectivity index (χ1v) is 5.64. The lowest BCUT2D eigenvalue weighted by Gasteiger charge is -2.16. The molecule has 92 valence electrons. The fraction of sp³-hybridized carbons (Fsp3) is 0.143. The van der Waals surface area contributed by atoms with E-state index in [2.05, 4.69) is 4.84 Å². The van der Waals surface area contributed by atoms with Crippen LogP contribution in [-0.2, 0) is 4.84 Å². The Labute approximate surface area is 105 Å². The van der Waals surface area contributed by atoms with Gasteiger partial charge in [0.05, 0.1) is 0 Å². The first-order chi connectivity index (χ1) is 8.77. The Hall–Kier alpha value is -2.36. The molecular formula is C14H13NO3. The van der Waals surface area contributed by atoms with Crippen LogP contribution in [0.5, 0.6) is 0 Å². The molecule has 0 spiro atoms. The molecule has 4 nitrogen and oxygen atoms in total. The second-order valence-electron chi connectivity index (χ2n) is 3.89. The van der Waals surface area contributed by atoms with Crippen molar-refractivity contribution < 1.29 is 9.92 Å². The largest absolute Gasteiger partial charge is 0.313 e. The Morgan fingerprint density at radius 3 is 1.78 bits per heavy atom. The average molecular weight is 243 g/mol. The van der Waals surface area contributed by atoms with Gasteiger partial charge in [0.1, 0.15) is 6.61 Å². The third-order valence-electron chi connectivity index (χ3n) is 2.75. The zero-order chi connectivity index (χ0) is 12.8. The van der Waals surface area contributed by atoms with Crippen LogP contribution in [0.1, 0.15) is 17.0 Å². The summed E-state index contributed by atoms with van der Waals surface area (Å²) in [6.07, 6.45) is 0. The molecule has 0 saturated carbocycles. The number of rotatable bonds is 5. The van der Waals surface area contributed by atoms with Crippen LogP contribution in [0, 0.1) is 10.1 Å². The highest BCUT2D eigenvalue weighted by atomic mass is 16.9. The molecule has 0 fully saturated rings. The van der Waals surface area contributed by atoms with Gasteiger partial charge in [0, 0.05) is 5.92 Å². The average Bonchev–Trinajstić information content (AvgIpc) is 2.41. The molecule has 0 unspecified atom stereocenters. The van der Waals surface area contributed by atoms with Gasteiger partial charge in [-0.15, -0.1) is 10.1 Å². The van der Waals surface area contributed by atoms with Gasteiger partial charge in [0.2, 0.25) is 0 Å². The van der Waals surface area contributed by atoms with E-state index in [0.717, 1.165) is 11.1 Å². The highest BCUT2D eigenvalue weighted by molar-refractivity contribution is 5.32. The summed E-state index contributed by atoms with van der Waals surface area (Å²) in [5.74, 6) is -0.127. The standard InChI is InChI=1S/C14H13NO3/c16-15(17)18-11-14(12-7-3-1-4-8-12)13-9-5-2-6-10-13/h1-10,14H,11H2. The summed E-state index contributed by atoms with van der Waals surface area (Å²) < 4.78 is 0. The van der Waals surface area contributed by atoms with Crippen molar-refractivity contribution >= 4 is 0 Å². The van der Waals surface area contributed by atoms with Crippen LogP contribution in [0.15, 0.2) is 60.7 Å². The molecule has 0 N–H and O–H groups in total. The third kappa shape index (κ3) is 3.07. The molecule has 2 aromatic carbocycles. The zero-order valence-corrected chi connectivity index (χ0v) is 9.73. The number of benzene rings is 2. The van der Waals surface area contributed by atoms with Gasteiger partial charge < -0.3 is 4.84 Å². The summed E-state index contributed by atoms with van der Waals surface area (Å²) in [4.78, 5) is 14.9.